The summed E-state index contributed by atoms with van der Waals surface area (Å²) >= 11 is 0. The van der Waals surface area contributed by atoms with Gasteiger partial charge in [-0.05, 0) is 63.4 Å². The number of carbonyl (C=O) groups excluding carboxylic acids is 1. The highest BCUT2D eigenvalue weighted by Gasteiger charge is 2.42. The van der Waals surface area contributed by atoms with Crippen molar-refractivity contribution < 1.29 is 4.79 Å². The maximum Gasteiger partial charge on any atom is 0.248 e. The van der Waals surface area contributed by atoms with Gasteiger partial charge in [0.25, 0.3) is 0 Å². The second kappa shape index (κ2) is 8.50. The van der Waals surface area contributed by atoms with Gasteiger partial charge in [0.1, 0.15) is 5.54 Å². The molecule has 0 bridgehead atoms. The number of nitrogens with zero attached hydrogens (tertiary/aromatic N) is 2. The van der Waals surface area contributed by atoms with Gasteiger partial charge in [-0.3, -0.25) is 9.48 Å². The zero-order valence-corrected chi connectivity index (χ0v) is 15.7. The van der Waals surface area contributed by atoms with Crippen molar-refractivity contribution in [1.82, 2.24) is 20.4 Å². The lowest BCUT2D eigenvalue weighted by Crippen LogP contribution is -2.56. The fraction of sp³-hybridized carbons (Fsp3) is 0.474. The second-order valence-electron chi connectivity index (χ2n) is 6.74. The molecular formula is C19H27ClN4O. The van der Waals surface area contributed by atoms with E-state index in [1.54, 1.807) is 6.20 Å². The normalized spacial score (nSPS) is 17.4. The Bertz CT molecular complexity index is 680. The van der Waals surface area contributed by atoms with Gasteiger partial charge in [-0.1, -0.05) is 24.3 Å². The van der Waals surface area contributed by atoms with E-state index in [2.05, 4.69) is 47.8 Å². The highest BCUT2D eigenvalue weighted by atomic mass is 35.5. The molecule has 1 aliphatic rings. The maximum atomic E-state index is 13.1. The molecule has 136 valence electrons. The molecule has 1 aliphatic heterocycles. The molecule has 0 aliphatic carbocycles. The third-order valence-electron chi connectivity index (χ3n) is 4.96. The molecule has 1 saturated heterocycles. The number of piperidine rings is 1. The number of carbonyl (C=O) groups is 1. The summed E-state index contributed by atoms with van der Waals surface area (Å²) in [4.78, 5) is 13.1. The van der Waals surface area contributed by atoms with Crippen LogP contribution in [0.25, 0.3) is 0 Å². The molecule has 2 N–H and O–H groups in total. The molecule has 1 aromatic carbocycles. The Labute approximate surface area is 155 Å². The molecule has 1 fully saturated rings. The van der Waals surface area contributed by atoms with Gasteiger partial charge in [-0.25, -0.2) is 0 Å². The van der Waals surface area contributed by atoms with Crippen LogP contribution in [-0.4, -0.2) is 34.8 Å². The summed E-state index contributed by atoms with van der Waals surface area (Å²) in [5.41, 5.74) is 1.97. The third kappa shape index (κ3) is 4.22. The van der Waals surface area contributed by atoms with Crippen LogP contribution in [0.3, 0.4) is 0 Å². The lowest BCUT2D eigenvalue weighted by atomic mass is 9.87. The summed E-state index contributed by atoms with van der Waals surface area (Å²) in [5, 5.41) is 10.9. The number of halogens is 1. The number of benzene rings is 1. The first-order valence-corrected chi connectivity index (χ1v) is 8.68. The van der Waals surface area contributed by atoms with E-state index in [-0.39, 0.29) is 24.4 Å². The van der Waals surface area contributed by atoms with Gasteiger partial charge in [0.05, 0.1) is 0 Å². The van der Waals surface area contributed by atoms with E-state index in [9.17, 15) is 4.79 Å². The summed E-state index contributed by atoms with van der Waals surface area (Å²) in [6, 6.07) is 10.3. The van der Waals surface area contributed by atoms with E-state index in [0.717, 1.165) is 32.4 Å². The molecule has 1 amide bonds. The van der Waals surface area contributed by atoms with E-state index < -0.39 is 5.54 Å². The molecule has 25 heavy (non-hydrogen) atoms. The average Bonchev–Trinajstić information content (AvgIpc) is 3.12. The van der Waals surface area contributed by atoms with E-state index in [1.165, 1.54) is 11.1 Å². The van der Waals surface area contributed by atoms with Crippen LogP contribution in [-0.2, 0) is 16.8 Å². The molecule has 0 radical (unpaired) electrons. The molecular weight excluding hydrogens is 336 g/mol. The Morgan fingerprint density at radius 3 is 2.68 bits per heavy atom. The molecule has 0 saturated carbocycles. The number of aromatic nitrogens is 2. The van der Waals surface area contributed by atoms with Crippen LogP contribution in [0.1, 0.15) is 30.9 Å². The van der Waals surface area contributed by atoms with Crippen LogP contribution in [0.2, 0.25) is 0 Å². The quantitative estimate of drug-likeness (QED) is 0.858. The predicted molar refractivity (Wildman–Crippen MR) is 102 cm³/mol. The van der Waals surface area contributed by atoms with E-state index in [4.69, 9.17) is 0 Å². The first kappa shape index (κ1) is 19.5. The van der Waals surface area contributed by atoms with E-state index >= 15 is 0 Å². The molecule has 2 heterocycles. The fourth-order valence-corrected chi connectivity index (χ4v) is 3.50. The maximum absolute atomic E-state index is 13.1. The number of rotatable bonds is 5. The lowest BCUT2D eigenvalue weighted by molar-refractivity contribution is -0.132. The number of hydrogen-bond donors (Lipinski definition) is 2. The van der Waals surface area contributed by atoms with Gasteiger partial charge in [0.2, 0.25) is 5.91 Å². The van der Waals surface area contributed by atoms with Crippen LogP contribution in [0.15, 0.2) is 42.7 Å². The summed E-state index contributed by atoms with van der Waals surface area (Å²) in [6.45, 7) is 5.85. The number of hydrogen-bond acceptors (Lipinski definition) is 3. The first-order chi connectivity index (χ1) is 11.6. The Morgan fingerprint density at radius 1 is 1.32 bits per heavy atom. The summed E-state index contributed by atoms with van der Waals surface area (Å²) in [5.74, 6) is 0.0776. The van der Waals surface area contributed by atoms with Crippen molar-refractivity contribution in [2.45, 2.75) is 44.7 Å². The summed E-state index contributed by atoms with van der Waals surface area (Å²) < 4.78 is 1.84. The van der Waals surface area contributed by atoms with Gasteiger partial charge in [-0.2, -0.15) is 5.10 Å². The fourth-order valence-electron chi connectivity index (χ4n) is 3.50. The number of amides is 1. The van der Waals surface area contributed by atoms with Gasteiger partial charge in [-0.15, -0.1) is 12.4 Å². The molecule has 1 atom stereocenters. The lowest BCUT2D eigenvalue weighted by Gasteiger charge is -2.37. The Balaban J connectivity index is 0.00000225. The Kier molecular flexibility index (Phi) is 6.62. The predicted octanol–water partition coefficient (Wildman–Crippen LogP) is 2.44. The summed E-state index contributed by atoms with van der Waals surface area (Å²) in [7, 11) is 0. The standard InChI is InChI=1S/C19H26N4O.ClH/c1-15-6-3-4-7-17(15)14-16(2)22-18(24)19(8-11-20-12-9-19)23-13-5-10-21-23;/h3-7,10,13,16,20H,8-9,11-12,14H2,1-2H3,(H,22,24);1H. The zero-order chi connectivity index (χ0) is 17.0. The van der Waals surface area contributed by atoms with Gasteiger partial charge >= 0.3 is 0 Å². The highest BCUT2D eigenvalue weighted by Crippen LogP contribution is 2.27. The van der Waals surface area contributed by atoms with Crippen LogP contribution < -0.4 is 10.6 Å². The highest BCUT2D eigenvalue weighted by molar-refractivity contribution is 5.85. The molecule has 1 unspecified atom stereocenters. The minimum Gasteiger partial charge on any atom is -0.351 e. The number of nitrogens with one attached hydrogen (secondary N) is 2. The number of aryl methyl sites for hydroxylation is 1. The van der Waals surface area contributed by atoms with Crippen LogP contribution >= 0.6 is 12.4 Å². The van der Waals surface area contributed by atoms with Crippen LogP contribution in [0.4, 0.5) is 0 Å². The minimum absolute atomic E-state index is 0. The van der Waals surface area contributed by atoms with Crippen molar-refractivity contribution in [3.8, 4) is 0 Å². The summed E-state index contributed by atoms with van der Waals surface area (Å²) in [6.07, 6.45) is 6.01. The van der Waals surface area contributed by atoms with Gasteiger partial charge in [0.15, 0.2) is 0 Å². The third-order valence-corrected chi connectivity index (χ3v) is 4.96. The zero-order valence-electron chi connectivity index (χ0n) is 14.9. The van der Waals surface area contributed by atoms with Crippen LogP contribution in [0, 0.1) is 6.92 Å². The molecule has 6 heteroatoms. The molecule has 1 aromatic heterocycles. The molecule has 3 rings (SSSR count). The monoisotopic (exact) mass is 362 g/mol. The SMILES string of the molecule is Cc1ccccc1CC(C)NC(=O)C1(n2cccn2)CCNCC1.Cl. The van der Waals surface area contributed by atoms with Crippen molar-refractivity contribution in [3.05, 3.63) is 53.9 Å². The largest absolute Gasteiger partial charge is 0.351 e. The second-order valence-corrected chi connectivity index (χ2v) is 6.74. The van der Waals surface area contributed by atoms with Crippen molar-refractivity contribution in [2.75, 3.05) is 13.1 Å². The average molecular weight is 363 g/mol. The molecule has 2 aromatic rings. The Hall–Kier alpha value is -1.85. The molecule has 5 nitrogen and oxygen atoms in total. The van der Waals surface area contributed by atoms with Crippen LogP contribution in [0.5, 0.6) is 0 Å². The van der Waals surface area contributed by atoms with E-state index in [0.29, 0.717) is 0 Å². The van der Waals surface area contributed by atoms with Crippen molar-refractivity contribution in [3.63, 3.8) is 0 Å². The Morgan fingerprint density at radius 2 is 2.04 bits per heavy atom. The molecule has 0 spiro atoms. The van der Waals surface area contributed by atoms with Crippen molar-refractivity contribution >= 4 is 18.3 Å². The van der Waals surface area contributed by atoms with Crippen molar-refractivity contribution in [2.24, 2.45) is 0 Å². The first-order valence-electron chi connectivity index (χ1n) is 8.68. The van der Waals surface area contributed by atoms with E-state index in [1.807, 2.05) is 23.0 Å². The minimum atomic E-state index is -0.575. The topological polar surface area (TPSA) is 59.0 Å². The van der Waals surface area contributed by atoms with Gasteiger partial charge < -0.3 is 10.6 Å². The van der Waals surface area contributed by atoms with Crippen molar-refractivity contribution in [1.29, 1.82) is 0 Å². The smallest absolute Gasteiger partial charge is 0.248 e. The van der Waals surface area contributed by atoms with Gasteiger partial charge in [0, 0.05) is 18.4 Å².